The van der Waals surface area contributed by atoms with Gasteiger partial charge in [-0.1, -0.05) is 36.7 Å². The zero-order valence-electron chi connectivity index (χ0n) is 21.5. The van der Waals surface area contributed by atoms with Crippen LogP contribution in [0.4, 0.5) is 16.0 Å². The molecule has 2 bridgehead atoms. The van der Waals surface area contributed by atoms with E-state index in [-0.39, 0.29) is 26.7 Å². The fourth-order valence-corrected chi connectivity index (χ4v) is 7.60. The van der Waals surface area contributed by atoms with Crippen LogP contribution in [0.3, 0.4) is 0 Å². The number of hydrogen-bond acceptors (Lipinski definition) is 6. The summed E-state index contributed by atoms with van der Waals surface area (Å²) >= 11 is 6.04. The number of hydrogen-bond donors (Lipinski definition) is 3. The summed E-state index contributed by atoms with van der Waals surface area (Å²) in [7, 11) is -4.06. The molecule has 202 valence electrons. The maximum absolute atomic E-state index is 15.1. The highest BCUT2D eigenvalue weighted by atomic mass is 35.5. The molecule has 4 aromatic rings. The van der Waals surface area contributed by atoms with Gasteiger partial charge in [0.1, 0.15) is 10.7 Å². The van der Waals surface area contributed by atoms with E-state index in [9.17, 15) is 8.42 Å². The lowest BCUT2D eigenvalue weighted by molar-refractivity contribution is 0.407. The Morgan fingerprint density at radius 3 is 2.49 bits per heavy atom. The molecule has 0 radical (unpaired) electrons. The van der Waals surface area contributed by atoms with E-state index < -0.39 is 15.8 Å². The van der Waals surface area contributed by atoms with Crippen LogP contribution in [0.5, 0.6) is 0 Å². The standard InChI is InChI=1S/C29H29ClFN5O2S/c1-2-18-13-20(14-21-16-33-27(34-26(18)21)35-29-11-9-28(32,17-29)10-12-29)19-7-8-24(23(31)15-19)36-39(37,38)25-6-4-3-5-22(25)30/h3-8,13-16,36H,2,9-12,17,32H2,1H3,(H,33,34,35). The van der Waals surface area contributed by atoms with Crippen molar-refractivity contribution in [3.8, 4) is 11.1 Å². The van der Waals surface area contributed by atoms with Crippen LogP contribution in [0, 0.1) is 5.82 Å². The number of aromatic nitrogens is 2. The van der Waals surface area contributed by atoms with Gasteiger partial charge in [-0.05, 0) is 91.6 Å². The first kappa shape index (κ1) is 26.0. The number of halogens is 2. The van der Waals surface area contributed by atoms with Crippen LogP contribution in [-0.2, 0) is 16.4 Å². The van der Waals surface area contributed by atoms with Gasteiger partial charge in [0.15, 0.2) is 0 Å². The molecule has 0 saturated heterocycles. The average Bonchev–Trinajstić information content (AvgIpc) is 3.42. The summed E-state index contributed by atoms with van der Waals surface area (Å²) in [6, 6.07) is 14.4. The number of fused-ring (bicyclic) bond motifs is 3. The normalized spacial score (nSPS) is 22.4. The average molecular weight is 566 g/mol. The second kappa shape index (κ2) is 9.43. The predicted octanol–water partition coefficient (Wildman–Crippen LogP) is 6.28. The molecule has 7 nitrogen and oxygen atoms in total. The van der Waals surface area contributed by atoms with Crippen molar-refractivity contribution in [2.45, 2.75) is 61.4 Å². The van der Waals surface area contributed by atoms with E-state index >= 15 is 4.39 Å². The van der Waals surface area contributed by atoms with Crippen LogP contribution in [0.2, 0.25) is 5.02 Å². The van der Waals surface area contributed by atoms with Gasteiger partial charge >= 0.3 is 0 Å². The SMILES string of the molecule is CCc1cc(-c2ccc(NS(=O)(=O)c3ccccc3Cl)c(F)c2)cc2cnc(NC34CCC(N)(CC3)C4)nc12. The predicted molar refractivity (Wildman–Crippen MR) is 153 cm³/mol. The number of nitrogens with zero attached hydrogens (tertiary/aromatic N) is 2. The Labute approximate surface area is 232 Å². The second-order valence-corrected chi connectivity index (χ2v) is 12.9. The summed E-state index contributed by atoms with van der Waals surface area (Å²) in [5.74, 6) is -0.0854. The number of sulfonamides is 1. The Kier molecular flexibility index (Phi) is 6.28. The van der Waals surface area contributed by atoms with Crippen molar-refractivity contribution >= 4 is 44.2 Å². The van der Waals surface area contributed by atoms with E-state index in [1.165, 1.54) is 24.3 Å². The summed E-state index contributed by atoms with van der Waals surface area (Å²) in [5, 5.41) is 4.50. The quantitative estimate of drug-likeness (QED) is 0.243. The summed E-state index contributed by atoms with van der Waals surface area (Å²) in [4.78, 5) is 9.34. The number of nitrogens with two attached hydrogens (primary N) is 1. The van der Waals surface area contributed by atoms with E-state index in [1.54, 1.807) is 24.4 Å². The van der Waals surface area contributed by atoms with Crippen molar-refractivity contribution in [3.05, 3.63) is 77.2 Å². The van der Waals surface area contributed by atoms with E-state index in [4.69, 9.17) is 22.3 Å². The first-order valence-electron chi connectivity index (χ1n) is 13.0. The minimum Gasteiger partial charge on any atom is -0.349 e. The minimum absolute atomic E-state index is 0.0264. The van der Waals surface area contributed by atoms with Crippen molar-refractivity contribution < 1.29 is 12.8 Å². The van der Waals surface area contributed by atoms with Crippen molar-refractivity contribution in [1.29, 1.82) is 0 Å². The highest BCUT2D eigenvalue weighted by Gasteiger charge is 2.52. The zero-order valence-corrected chi connectivity index (χ0v) is 23.0. The van der Waals surface area contributed by atoms with E-state index in [1.807, 2.05) is 12.1 Å². The molecule has 2 saturated carbocycles. The van der Waals surface area contributed by atoms with Crippen molar-refractivity contribution in [3.63, 3.8) is 0 Å². The van der Waals surface area contributed by atoms with E-state index in [0.29, 0.717) is 11.5 Å². The molecule has 2 aliphatic rings. The minimum atomic E-state index is -4.06. The third-order valence-corrected chi connectivity index (χ3v) is 9.95. The van der Waals surface area contributed by atoms with Crippen LogP contribution in [0.1, 0.15) is 44.6 Å². The largest absolute Gasteiger partial charge is 0.349 e. The number of benzene rings is 3. The first-order chi connectivity index (χ1) is 18.6. The fourth-order valence-electron chi connectivity index (χ4n) is 6.02. The zero-order chi connectivity index (χ0) is 27.4. The third kappa shape index (κ3) is 4.83. The number of nitrogens with one attached hydrogen (secondary N) is 2. The molecule has 4 N–H and O–H groups in total. The first-order valence-corrected chi connectivity index (χ1v) is 14.9. The molecule has 39 heavy (non-hydrogen) atoms. The van der Waals surface area contributed by atoms with Crippen molar-refractivity contribution in [1.82, 2.24) is 9.97 Å². The lowest BCUT2D eigenvalue weighted by Crippen LogP contribution is -2.34. The van der Waals surface area contributed by atoms with Gasteiger partial charge in [0.25, 0.3) is 10.0 Å². The topological polar surface area (TPSA) is 110 Å². The van der Waals surface area contributed by atoms with Gasteiger partial charge in [0.2, 0.25) is 5.95 Å². The van der Waals surface area contributed by atoms with Crippen molar-refractivity contribution in [2.24, 2.45) is 5.73 Å². The molecule has 10 heteroatoms. The number of aryl methyl sites for hydroxylation is 1. The summed E-state index contributed by atoms with van der Waals surface area (Å²) in [5.41, 5.74) is 9.51. The molecular formula is C29H29ClFN5O2S. The Morgan fingerprint density at radius 2 is 1.82 bits per heavy atom. The molecule has 3 aromatic carbocycles. The Bertz CT molecular complexity index is 1700. The van der Waals surface area contributed by atoms with Gasteiger partial charge in [-0.15, -0.1) is 0 Å². The number of anilines is 2. The molecule has 0 amide bonds. The van der Waals surface area contributed by atoms with Crippen molar-refractivity contribution in [2.75, 3.05) is 10.0 Å². The van der Waals surface area contributed by atoms with Gasteiger partial charge in [0.05, 0.1) is 16.2 Å². The molecule has 0 aliphatic heterocycles. The molecule has 1 aromatic heterocycles. The monoisotopic (exact) mass is 565 g/mol. The third-order valence-electron chi connectivity index (χ3n) is 8.09. The van der Waals surface area contributed by atoms with Gasteiger partial charge < -0.3 is 11.1 Å². The molecule has 2 aliphatic carbocycles. The Hall–Kier alpha value is -3.27. The highest BCUT2D eigenvalue weighted by molar-refractivity contribution is 7.92. The van der Waals surface area contributed by atoms with Gasteiger partial charge in [-0.25, -0.2) is 22.8 Å². The number of rotatable bonds is 7. The van der Waals surface area contributed by atoms with Crippen LogP contribution < -0.4 is 15.8 Å². The molecular weight excluding hydrogens is 537 g/mol. The molecule has 2 fully saturated rings. The maximum atomic E-state index is 15.1. The molecule has 0 unspecified atom stereocenters. The van der Waals surface area contributed by atoms with Gasteiger partial charge in [-0.3, -0.25) is 4.72 Å². The maximum Gasteiger partial charge on any atom is 0.263 e. The molecule has 6 rings (SSSR count). The van der Waals surface area contributed by atoms with Crippen LogP contribution >= 0.6 is 11.6 Å². The fraction of sp³-hybridized carbons (Fsp3) is 0.310. The lowest BCUT2D eigenvalue weighted by atomic mass is 9.92. The van der Waals surface area contributed by atoms with Crippen LogP contribution in [0.15, 0.2) is 65.7 Å². The summed E-state index contributed by atoms with van der Waals surface area (Å²) < 4.78 is 43.0. The molecule has 0 atom stereocenters. The lowest BCUT2D eigenvalue weighted by Gasteiger charge is -2.28. The van der Waals surface area contributed by atoms with Crippen LogP contribution in [-0.4, -0.2) is 29.5 Å². The van der Waals surface area contributed by atoms with Gasteiger partial charge in [0, 0.05) is 22.7 Å². The van der Waals surface area contributed by atoms with Gasteiger partial charge in [-0.2, -0.15) is 0 Å². The molecule has 0 spiro atoms. The highest BCUT2D eigenvalue weighted by Crippen LogP contribution is 2.50. The summed E-state index contributed by atoms with van der Waals surface area (Å²) in [6.45, 7) is 2.05. The second-order valence-electron chi connectivity index (χ2n) is 10.8. The smallest absolute Gasteiger partial charge is 0.263 e. The Balaban J connectivity index is 1.28. The summed E-state index contributed by atoms with van der Waals surface area (Å²) in [6.07, 6.45) is 7.57. The van der Waals surface area contributed by atoms with E-state index in [0.717, 1.165) is 60.6 Å². The van der Waals surface area contributed by atoms with Crippen LogP contribution in [0.25, 0.3) is 22.0 Å². The van der Waals surface area contributed by atoms with E-state index in [2.05, 4.69) is 21.9 Å². The Morgan fingerprint density at radius 1 is 1.05 bits per heavy atom. The molecule has 1 heterocycles.